The van der Waals surface area contributed by atoms with Gasteiger partial charge in [0.2, 0.25) is 10.0 Å². The molecule has 0 aromatic carbocycles. The van der Waals surface area contributed by atoms with Gasteiger partial charge in [-0.3, -0.25) is 0 Å². The Balaban J connectivity index is 2.41. The van der Waals surface area contributed by atoms with Crippen LogP contribution in [0.1, 0.15) is 37.1 Å². The lowest BCUT2D eigenvalue weighted by Gasteiger charge is -2.24. The molecular formula is C13H21NO3S2. The molecule has 2 rings (SSSR count). The standard InChI is InChI=1S/C13H21NO3S2/c1-9(2)6-14(11-4-5-11)19(16,17)13-10(3)8-18-12(13)7-15/h8-9,11,15H,4-7H2,1-3H3. The van der Waals surface area contributed by atoms with E-state index in [1.807, 2.05) is 13.8 Å². The fourth-order valence-corrected chi connectivity index (χ4v) is 5.69. The van der Waals surface area contributed by atoms with Gasteiger partial charge in [0.25, 0.3) is 0 Å². The molecule has 0 radical (unpaired) electrons. The number of aliphatic hydroxyl groups excluding tert-OH is 1. The lowest BCUT2D eigenvalue weighted by Crippen LogP contribution is -2.36. The first-order valence-electron chi connectivity index (χ1n) is 6.57. The summed E-state index contributed by atoms with van der Waals surface area (Å²) < 4.78 is 27.3. The summed E-state index contributed by atoms with van der Waals surface area (Å²) >= 11 is 1.32. The molecular weight excluding hydrogens is 282 g/mol. The first-order valence-corrected chi connectivity index (χ1v) is 8.89. The quantitative estimate of drug-likeness (QED) is 0.877. The molecule has 0 amide bonds. The Hall–Kier alpha value is -0.430. The van der Waals surface area contributed by atoms with Gasteiger partial charge < -0.3 is 5.11 Å². The molecule has 0 bridgehead atoms. The van der Waals surface area contributed by atoms with E-state index in [1.165, 1.54) is 11.3 Å². The van der Waals surface area contributed by atoms with Gasteiger partial charge in [-0.25, -0.2) is 8.42 Å². The Kier molecular flexibility index (Phi) is 4.35. The number of aliphatic hydroxyl groups is 1. The highest BCUT2D eigenvalue weighted by Gasteiger charge is 2.40. The molecule has 1 aliphatic carbocycles. The van der Waals surface area contributed by atoms with E-state index in [0.717, 1.165) is 18.4 Å². The molecule has 108 valence electrons. The molecule has 0 atom stereocenters. The SMILES string of the molecule is Cc1csc(CO)c1S(=O)(=O)N(CC(C)C)C1CC1. The number of nitrogens with zero attached hydrogens (tertiary/aromatic N) is 1. The largest absolute Gasteiger partial charge is 0.391 e. The van der Waals surface area contributed by atoms with Gasteiger partial charge in [-0.05, 0) is 36.6 Å². The van der Waals surface area contributed by atoms with Crippen LogP contribution in [0.2, 0.25) is 0 Å². The van der Waals surface area contributed by atoms with E-state index in [9.17, 15) is 13.5 Å². The molecule has 0 aliphatic heterocycles. The molecule has 1 heterocycles. The third-order valence-corrected chi connectivity index (χ3v) is 6.57. The van der Waals surface area contributed by atoms with Gasteiger partial charge in [-0.2, -0.15) is 4.31 Å². The highest BCUT2D eigenvalue weighted by atomic mass is 32.2. The van der Waals surface area contributed by atoms with E-state index in [-0.39, 0.29) is 12.6 Å². The van der Waals surface area contributed by atoms with Gasteiger partial charge in [0, 0.05) is 12.6 Å². The summed E-state index contributed by atoms with van der Waals surface area (Å²) in [5.74, 6) is 0.298. The third kappa shape index (κ3) is 3.02. The normalized spacial score (nSPS) is 16.5. The number of aryl methyl sites for hydroxylation is 1. The van der Waals surface area contributed by atoms with Crippen molar-refractivity contribution in [2.75, 3.05) is 6.54 Å². The van der Waals surface area contributed by atoms with Crippen molar-refractivity contribution in [1.82, 2.24) is 4.31 Å². The molecule has 0 unspecified atom stereocenters. The van der Waals surface area contributed by atoms with Crippen molar-refractivity contribution in [1.29, 1.82) is 0 Å². The van der Waals surface area contributed by atoms with Crippen molar-refractivity contribution in [3.05, 3.63) is 15.8 Å². The number of hydrogen-bond donors (Lipinski definition) is 1. The van der Waals surface area contributed by atoms with Gasteiger partial charge >= 0.3 is 0 Å². The minimum absolute atomic E-state index is 0.151. The van der Waals surface area contributed by atoms with E-state index in [1.54, 1.807) is 16.6 Å². The zero-order chi connectivity index (χ0) is 14.2. The Labute approximate surface area is 119 Å². The minimum Gasteiger partial charge on any atom is -0.391 e. The molecule has 1 saturated carbocycles. The van der Waals surface area contributed by atoms with E-state index in [4.69, 9.17) is 0 Å². The second-order valence-corrected chi connectivity index (χ2v) is 8.32. The Morgan fingerprint density at radius 1 is 1.47 bits per heavy atom. The number of sulfonamides is 1. The molecule has 1 fully saturated rings. The summed E-state index contributed by atoms with van der Waals surface area (Å²) in [6.07, 6.45) is 1.90. The molecule has 1 aliphatic rings. The predicted molar refractivity (Wildman–Crippen MR) is 76.7 cm³/mol. The van der Waals surface area contributed by atoms with Crippen LogP contribution < -0.4 is 0 Å². The fourth-order valence-electron chi connectivity index (χ4n) is 2.23. The minimum atomic E-state index is -3.48. The summed E-state index contributed by atoms with van der Waals surface area (Å²) in [5.41, 5.74) is 0.739. The summed E-state index contributed by atoms with van der Waals surface area (Å²) in [6.45, 7) is 6.18. The van der Waals surface area contributed by atoms with Crippen molar-refractivity contribution in [2.45, 2.75) is 51.2 Å². The zero-order valence-electron chi connectivity index (χ0n) is 11.6. The first kappa shape index (κ1) is 15.0. The molecule has 1 aromatic rings. The van der Waals surface area contributed by atoms with Crippen molar-refractivity contribution in [3.8, 4) is 0 Å². The van der Waals surface area contributed by atoms with Gasteiger partial charge in [0.05, 0.1) is 11.5 Å². The van der Waals surface area contributed by atoms with Gasteiger partial charge in [0.15, 0.2) is 0 Å². The number of thiophene rings is 1. The molecule has 6 heteroatoms. The van der Waals surface area contributed by atoms with E-state index < -0.39 is 10.0 Å². The Bertz CT molecular complexity index is 544. The van der Waals surface area contributed by atoms with Crippen molar-refractivity contribution in [3.63, 3.8) is 0 Å². The topological polar surface area (TPSA) is 57.6 Å². The average molecular weight is 303 g/mol. The summed E-state index contributed by atoms with van der Waals surface area (Å²) in [6, 6.07) is 0.151. The van der Waals surface area contributed by atoms with E-state index in [0.29, 0.717) is 22.2 Å². The highest BCUT2D eigenvalue weighted by molar-refractivity contribution is 7.89. The number of rotatable bonds is 6. The summed E-state index contributed by atoms with van der Waals surface area (Å²) in [4.78, 5) is 0.874. The second kappa shape index (κ2) is 5.52. The smallest absolute Gasteiger partial charge is 0.244 e. The molecule has 0 spiro atoms. The third-order valence-electron chi connectivity index (χ3n) is 3.20. The monoisotopic (exact) mass is 303 g/mol. The zero-order valence-corrected chi connectivity index (χ0v) is 13.2. The van der Waals surface area contributed by atoms with Crippen LogP contribution >= 0.6 is 11.3 Å². The lowest BCUT2D eigenvalue weighted by molar-refractivity contribution is 0.281. The van der Waals surface area contributed by atoms with Crippen LogP contribution in [-0.2, 0) is 16.6 Å². The first-order chi connectivity index (χ1) is 8.87. The van der Waals surface area contributed by atoms with Crippen LogP contribution in [0.3, 0.4) is 0 Å². The van der Waals surface area contributed by atoms with Crippen LogP contribution in [0.25, 0.3) is 0 Å². The summed E-state index contributed by atoms with van der Waals surface area (Å²) in [5, 5.41) is 11.1. The van der Waals surface area contributed by atoms with Crippen molar-refractivity contribution >= 4 is 21.4 Å². The van der Waals surface area contributed by atoms with Crippen LogP contribution in [0.5, 0.6) is 0 Å². The van der Waals surface area contributed by atoms with Gasteiger partial charge in [-0.1, -0.05) is 13.8 Å². The fraction of sp³-hybridized carbons (Fsp3) is 0.692. The Morgan fingerprint density at radius 2 is 2.11 bits per heavy atom. The Morgan fingerprint density at radius 3 is 2.58 bits per heavy atom. The summed E-state index contributed by atoms with van der Waals surface area (Å²) in [7, 11) is -3.48. The molecule has 4 nitrogen and oxygen atoms in total. The number of hydrogen-bond acceptors (Lipinski definition) is 4. The maximum Gasteiger partial charge on any atom is 0.244 e. The lowest BCUT2D eigenvalue weighted by atomic mass is 10.2. The highest BCUT2D eigenvalue weighted by Crippen LogP contribution is 2.36. The van der Waals surface area contributed by atoms with E-state index in [2.05, 4.69) is 0 Å². The predicted octanol–water partition coefficient (Wildman–Crippen LogP) is 2.36. The molecule has 1 aromatic heterocycles. The maximum atomic E-state index is 12.8. The van der Waals surface area contributed by atoms with Crippen LogP contribution in [-0.4, -0.2) is 30.4 Å². The van der Waals surface area contributed by atoms with Crippen LogP contribution in [0.4, 0.5) is 0 Å². The van der Waals surface area contributed by atoms with Crippen molar-refractivity contribution in [2.24, 2.45) is 5.92 Å². The van der Waals surface area contributed by atoms with E-state index >= 15 is 0 Å². The average Bonchev–Trinajstić information content (AvgIpc) is 3.08. The van der Waals surface area contributed by atoms with Gasteiger partial charge in [0.1, 0.15) is 4.90 Å². The van der Waals surface area contributed by atoms with Gasteiger partial charge in [-0.15, -0.1) is 11.3 Å². The van der Waals surface area contributed by atoms with Crippen molar-refractivity contribution < 1.29 is 13.5 Å². The molecule has 0 saturated heterocycles. The molecule has 19 heavy (non-hydrogen) atoms. The molecule has 1 N–H and O–H groups in total. The second-order valence-electron chi connectivity index (χ2n) is 5.53. The van der Waals surface area contributed by atoms with Crippen LogP contribution in [0, 0.1) is 12.8 Å². The van der Waals surface area contributed by atoms with Crippen LogP contribution in [0.15, 0.2) is 10.3 Å². The maximum absolute atomic E-state index is 12.8.